The smallest absolute Gasteiger partial charge is 0.244 e. The summed E-state index contributed by atoms with van der Waals surface area (Å²) in [6.45, 7) is 1.14. The van der Waals surface area contributed by atoms with Crippen molar-refractivity contribution in [1.29, 1.82) is 0 Å². The molecule has 0 amide bonds. The third kappa shape index (κ3) is 0.125. The lowest BCUT2D eigenvalue weighted by Crippen LogP contribution is -2.03. The molecular formula is C4H5N2+. The Morgan fingerprint density at radius 1 is 1.83 bits per heavy atom. The fraction of sp³-hybridized carbons (Fsp3) is 0.250. The molecule has 0 saturated heterocycles. The number of fused-ring (bicyclic) bond motifs is 1. The van der Waals surface area contributed by atoms with Gasteiger partial charge in [0, 0.05) is 0 Å². The number of H-pyrrole nitrogens is 1. The van der Waals surface area contributed by atoms with E-state index >= 15 is 0 Å². The van der Waals surface area contributed by atoms with Crippen LogP contribution in [0.3, 0.4) is 0 Å². The van der Waals surface area contributed by atoms with Crippen LogP contribution in [0.5, 0.6) is 0 Å². The molecule has 2 heteroatoms. The first-order valence-corrected chi connectivity index (χ1v) is 2.02. The van der Waals surface area contributed by atoms with Crippen molar-refractivity contribution in [2.45, 2.75) is 6.54 Å². The highest BCUT2D eigenvalue weighted by Crippen LogP contribution is 1.96. The third-order valence-corrected chi connectivity index (χ3v) is 1.07. The van der Waals surface area contributed by atoms with Gasteiger partial charge in [-0.1, -0.05) is 0 Å². The summed E-state index contributed by atoms with van der Waals surface area (Å²) in [6, 6.07) is 0. The van der Waals surface area contributed by atoms with Crippen LogP contribution in [0.15, 0.2) is 12.4 Å². The van der Waals surface area contributed by atoms with Crippen molar-refractivity contribution < 1.29 is 4.57 Å². The number of hydrogen-bond acceptors (Lipinski definition) is 0. The Balaban J connectivity index is 2.88. The van der Waals surface area contributed by atoms with E-state index in [9.17, 15) is 0 Å². The average molecular weight is 81.1 g/mol. The molecule has 6 heavy (non-hydrogen) atoms. The van der Waals surface area contributed by atoms with Crippen LogP contribution in [0.25, 0.3) is 0 Å². The molecule has 0 spiro atoms. The van der Waals surface area contributed by atoms with E-state index in [2.05, 4.69) is 9.55 Å². The molecule has 1 aromatic heterocycles. The lowest BCUT2D eigenvalue weighted by atomic mass is 10.8. The molecule has 0 atom stereocenters. The monoisotopic (exact) mass is 81.0 g/mol. The van der Waals surface area contributed by atoms with E-state index in [-0.39, 0.29) is 0 Å². The second-order valence-corrected chi connectivity index (χ2v) is 1.53. The van der Waals surface area contributed by atoms with Crippen LogP contribution in [0, 0.1) is 0 Å². The molecule has 1 aliphatic rings. The topological polar surface area (TPSA) is 19.7 Å². The van der Waals surface area contributed by atoms with Crippen LogP contribution in [0.2, 0.25) is 0 Å². The number of aromatic amines is 1. The zero-order chi connectivity index (χ0) is 3.98. The van der Waals surface area contributed by atoms with E-state index in [1.807, 2.05) is 12.4 Å². The summed E-state index contributed by atoms with van der Waals surface area (Å²) < 4.78 is 2.15. The average Bonchev–Trinajstić information content (AvgIpc) is 2.17. The Hall–Kier alpha value is -0.790. The third-order valence-electron chi connectivity index (χ3n) is 1.07. The highest BCUT2D eigenvalue weighted by atomic mass is 15.2. The molecule has 1 aliphatic heterocycles. The molecule has 2 rings (SSSR count). The summed E-state index contributed by atoms with van der Waals surface area (Å²) in [7, 11) is 0. The SMILES string of the molecule is c1c[n+]2c([nH]1)C2. The van der Waals surface area contributed by atoms with Crippen LogP contribution >= 0.6 is 0 Å². The van der Waals surface area contributed by atoms with E-state index in [1.165, 1.54) is 5.82 Å². The van der Waals surface area contributed by atoms with Crippen molar-refractivity contribution >= 4 is 0 Å². The number of rotatable bonds is 0. The highest BCUT2D eigenvalue weighted by molar-refractivity contribution is 4.82. The number of hydrogen-bond donors (Lipinski definition) is 1. The van der Waals surface area contributed by atoms with E-state index in [0.717, 1.165) is 6.54 Å². The van der Waals surface area contributed by atoms with Crippen LogP contribution in [-0.2, 0) is 6.54 Å². The lowest BCUT2D eigenvalue weighted by Gasteiger charge is -1.50. The standard InChI is InChI=1S/C4H4N2/c1-2-6-3-4(6)5-1/h1-2H,3H2/p+1. The van der Waals surface area contributed by atoms with Crippen molar-refractivity contribution in [1.82, 2.24) is 4.98 Å². The minimum atomic E-state index is 1.14. The minimum Gasteiger partial charge on any atom is -0.244 e. The molecule has 0 unspecified atom stereocenters. The molecule has 0 fully saturated rings. The summed E-state index contributed by atoms with van der Waals surface area (Å²) in [4.78, 5) is 3.06. The lowest BCUT2D eigenvalue weighted by molar-refractivity contribution is -0.570. The second kappa shape index (κ2) is 0.511. The van der Waals surface area contributed by atoms with Gasteiger partial charge in [-0.3, -0.25) is 0 Å². The molecule has 0 radical (unpaired) electrons. The minimum absolute atomic E-state index is 1.14. The molecule has 2 heterocycles. The maximum atomic E-state index is 3.06. The fourth-order valence-electron chi connectivity index (χ4n) is 0.621. The molecule has 30 valence electrons. The van der Waals surface area contributed by atoms with Gasteiger partial charge in [0.25, 0.3) is 5.82 Å². The number of imidazole rings is 1. The van der Waals surface area contributed by atoms with Gasteiger partial charge in [0.05, 0.1) is 0 Å². The maximum absolute atomic E-state index is 3.06. The first-order valence-electron chi connectivity index (χ1n) is 2.02. The van der Waals surface area contributed by atoms with Crippen LogP contribution in [0.4, 0.5) is 0 Å². The number of aromatic nitrogens is 2. The van der Waals surface area contributed by atoms with Gasteiger partial charge >= 0.3 is 0 Å². The summed E-state index contributed by atoms with van der Waals surface area (Å²) >= 11 is 0. The quantitative estimate of drug-likeness (QED) is 0.419. The Morgan fingerprint density at radius 2 is 2.83 bits per heavy atom. The van der Waals surface area contributed by atoms with Gasteiger partial charge in [-0.25, -0.2) is 9.55 Å². The van der Waals surface area contributed by atoms with Crippen molar-refractivity contribution in [2.75, 3.05) is 0 Å². The van der Waals surface area contributed by atoms with Gasteiger partial charge in [0.15, 0.2) is 6.54 Å². The van der Waals surface area contributed by atoms with Gasteiger partial charge in [-0.15, -0.1) is 0 Å². The molecule has 0 aromatic carbocycles. The van der Waals surface area contributed by atoms with E-state index in [4.69, 9.17) is 0 Å². The van der Waals surface area contributed by atoms with E-state index in [0.29, 0.717) is 0 Å². The Kier molecular flexibility index (Phi) is 0.204. The van der Waals surface area contributed by atoms with Crippen molar-refractivity contribution in [2.24, 2.45) is 0 Å². The molecule has 0 bridgehead atoms. The van der Waals surface area contributed by atoms with E-state index in [1.54, 1.807) is 0 Å². The van der Waals surface area contributed by atoms with Crippen LogP contribution in [-0.4, -0.2) is 4.98 Å². The first-order chi connectivity index (χ1) is 2.97. The molecule has 1 aromatic rings. The molecule has 0 saturated carbocycles. The number of nitrogens with one attached hydrogen (secondary N) is 1. The predicted molar refractivity (Wildman–Crippen MR) is 20.1 cm³/mol. The number of nitrogens with zero attached hydrogens (tertiary/aromatic N) is 1. The molecule has 0 aliphatic carbocycles. The largest absolute Gasteiger partial charge is 0.297 e. The normalized spacial score (nSPS) is 14.0. The van der Waals surface area contributed by atoms with Crippen molar-refractivity contribution in [3.05, 3.63) is 18.2 Å². The van der Waals surface area contributed by atoms with E-state index < -0.39 is 0 Å². The zero-order valence-electron chi connectivity index (χ0n) is 3.31. The summed E-state index contributed by atoms with van der Waals surface area (Å²) in [5.41, 5.74) is 0. The highest BCUT2D eigenvalue weighted by Gasteiger charge is 2.25. The molecular weight excluding hydrogens is 76.1 g/mol. The Bertz CT molecular complexity index is 149. The zero-order valence-corrected chi connectivity index (χ0v) is 3.31. The summed E-state index contributed by atoms with van der Waals surface area (Å²) in [5.74, 6) is 1.34. The van der Waals surface area contributed by atoms with Gasteiger partial charge in [0.1, 0.15) is 12.4 Å². The predicted octanol–water partition coefficient (Wildman–Crippen LogP) is -0.336. The maximum Gasteiger partial charge on any atom is 0.297 e. The Morgan fingerprint density at radius 3 is 3.00 bits per heavy atom. The van der Waals surface area contributed by atoms with Crippen molar-refractivity contribution in [3.63, 3.8) is 0 Å². The first kappa shape index (κ1) is 2.39. The summed E-state index contributed by atoms with van der Waals surface area (Å²) in [5, 5.41) is 0. The Labute approximate surface area is 35.4 Å². The van der Waals surface area contributed by atoms with Gasteiger partial charge in [-0.2, -0.15) is 0 Å². The van der Waals surface area contributed by atoms with Crippen LogP contribution < -0.4 is 4.57 Å². The van der Waals surface area contributed by atoms with Gasteiger partial charge in [0.2, 0.25) is 0 Å². The summed E-state index contributed by atoms with van der Waals surface area (Å²) in [6.07, 6.45) is 3.98. The van der Waals surface area contributed by atoms with Crippen molar-refractivity contribution in [3.8, 4) is 0 Å². The fourth-order valence-corrected chi connectivity index (χ4v) is 0.621. The molecule has 2 nitrogen and oxygen atoms in total. The molecule has 1 N–H and O–H groups in total. The second-order valence-electron chi connectivity index (χ2n) is 1.53. The van der Waals surface area contributed by atoms with Crippen LogP contribution in [0.1, 0.15) is 5.82 Å². The van der Waals surface area contributed by atoms with Gasteiger partial charge in [-0.05, 0) is 0 Å². The van der Waals surface area contributed by atoms with Gasteiger partial charge < -0.3 is 0 Å².